The van der Waals surface area contributed by atoms with Crippen LogP contribution in [0.2, 0.25) is 0 Å². The number of likely N-dealkylation sites (tertiary alicyclic amines) is 1. The number of pyridine rings is 2. The fraction of sp³-hybridized carbons (Fsp3) is 0.393. The number of hydrogen-bond donors (Lipinski definition) is 0. The van der Waals surface area contributed by atoms with Crippen LogP contribution in [0.15, 0.2) is 48.9 Å². The number of aryl methyl sites for hydroxylation is 1. The summed E-state index contributed by atoms with van der Waals surface area (Å²) in [6.45, 7) is 8.40. The van der Waals surface area contributed by atoms with Crippen molar-refractivity contribution in [1.29, 1.82) is 0 Å². The number of fused-ring (bicyclic) bond motifs is 1. The molecule has 9 nitrogen and oxygen atoms in total. The normalized spacial score (nSPS) is 16.1. The number of anilines is 1. The minimum Gasteiger partial charge on any atom is -0.444 e. The molecule has 1 aliphatic heterocycles. The van der Waals surface area contributed by atoms with Crippen LogP contribution in [0.25, 0.3) is 28.2 Å². The zero-order valence-electron chi connectivity index (χ0n) is 22.3. The van der Waals surface area contributed by atoms with E-state index in [9.17, 15) is 4.79 Å². The molecule has 0 saturated carbocycles. The molecule has 0 aromatic carbocycles. The van der Waals surface area contributed by atoms with Crippen molar-refractivity contribution in [3.8, 4) is 22.6 Å². The number of rotatable bonds is 4. The fourth-order valence-electron chi connectivity index (χ4n) is 4.72. The molecule has 38 heavy (non-hydrogen) atoms. The topological polar surface area (TPSA) is 88.8 Å². The monoisotopic (exact) mass is 517 g/mol. The molecule has 1 amide bonds. The Kier molecular flexibility index (Phi) is 6.73. The Balaban J connectivity index is 1.56. The van der Waals surface area contributed by atoms with E-state index in [-0.39, 0.29) is 23.6 Å². The van der Waals surface area contributed by atoms with Crippen molar-refractivity contribution >= 4 is 17.4 Å². The van der Waals surface area contributed by atoms with Crippen molar-refractivity contribution in [1.82, 2.24) is 29.5 Å². The van der Waals surface area contributed by atoms with Crippen molar-refractivity contribution in [3.63, 3.8) is 0 Å². The predicted octanol–water partition coefficient (Wildman–Crippen LogP) is 5.14. The van der Waals surface area contributed by atoms with E-state index in [0.29, 0.717) is 30.0 Å². The summed E-state index contributed by atoms with van der Waals surface area (Å²) >= 11 is 0. The van der Waals surface area contributed by atoms with Gasteiger partial charge in [0.25, 0.3) is 0 Å². The van der Waals surface area contributed by atoms with E-state index in [1.54, 1.807) is 33.9 Å². The first-order valence-electron chi connectivity index (χ1n) is 12.7. The van der Waals surface area contributed by atoms with Gasteiger partial charge in [0.1, 0.15) is 11.3 Å². The largest absolute Gasteiger partial charge is 0.444 e. The van der Waals surface area contributed by atoms with Gasteiger partial charge in [-0.25, -0.2) is 23.7 Å². The summed E-state index contributed by atoms with van der Waals surface area (Å²) in [7, 11) is 1.82. The number of carbonyl (C=O) groups excluding carboxylic acids is 1. The van der Waals surface area contributed by atoms with Crippen LogP contribution in [0.5, 0.6) is 0 Å². The van der Waals surface area contributed by atoms with Crippen LogP contribution in [-0.4, -0.2) is 67.3 Å². The van der Waals surface area contributed by atoms with Gasteiger partial charge in [0, 0.05) is 49.8 Å². The van der Waals surface area contributed by atoms with Crippen LogP contribution in [-0.2, 0) is 4.74 Å². The van der Waals surface area contributed by atoms with Gasteiger partial charge in [0.15, 0.2) is 17.5 Å². The lowest BCUT2D eigenvalue weighted by atomic mass is 10.0. The van der Waals surface area contributed by atoms with Gasteiger partial charge in [0.2, 0.25) is 0 Å². The number of hydrogen-bond acceptors (Lipinski definition) is 7. The van der Waals surface area contributed by atoms with Crippen molar-refractivity contribution in [3.05, 3.63) is 60.4 Å². The number of carbonyl (C=O) groups is 1. The number of likely N-dealkylation sites (N-methyl/N-ethyl adjacent to an activating group) is 1. The van der Waals surface area contributed by atoms with E-state index >= 15 is 4.39 Å². The summed E-state index contributed by atoms with van der Waals surface area (Å²) in [6.07, 6.45) is 6.38. The van der Waals surface area contributed by atoms with Crippen LogP contribution in [0, 0.1) is 12.7 Å². The smallest absolute Gasteiger partial charge is 0.410 e. The molecule has 0 spiro atoms. The minimum atomic E-state index is -0.588. The maximum atomic E-state index is 16.2. The molecule has 0 unspecified atom stereocenters. The summed E-state index contributed by atoms with van der Waals surface area (Å²) in [5.41, 5.74) is 2.49. The Bertz CT molecular complexity index is 1480. The number of piperidine rings is 1. The minimum absolute atomic E-state index is 0.149. The summed E-state index contributed by atoms with van der Waals surface area (Å²) in [4.78, 5) is 29.9. The molecule has 1 fully saturated rings. The zero-order chi connectivity index (χ0) is 27.0. The molecule has 0 bridgehead atoms. The Morgan fingerprint density at radius 3 is 2.79 bits per heavy atom. The van der Waals surface area contributed by atoms with Crippen molar-refractivity contribution in [2.45, 2.75) is 52.2 Å². The first-order valence-corrected chi connectivity index (χ1v) is 12.7. The molecule has 198 valence electrons. The first kappa shape index (κ1) is 25.6. The van der Waals surface area contributed by atoms with Crippen LogP contribution in [0.3, 0.4) is 0 Å². The third-order valence-corrected chi connectivity index (χ3v) is 6.60. The number of amides is 1. The Labute approximate surface area is 221 Å². The highest BCUT2D eigenvalue weighted by atomic mass is 19.1. The van der Waals surface area contributed by atoms with Crippen molar-refractivity contribution in [2.24, 2.45) is 0 Å². The SMILES string of the molecule is Cc1cc(-c2nc(-c3cnn4ccccc34)nc(N(C)[C@@H]3CCCN(C(=O)OC(C)(C)C)C3)c2F)ccn1. The molecule has 0 aliphatic carbocycles. The second-order valence-electron chi connectivity index (χ2n) is 10.6. The third kappa shape index (κ3) is 5.16. The van der Waals surface area contributed by atoms with Crippen molar-refractivity contribution in [2.75, 3.05) is 25.0 Å². The highest BCUT2D eigenvalue weighted by Gasteiger charge is 2.32. The molecule has 5 rings (SSSR count). The number of halogens is 1. The predicted molar refractivity (Wildman–Crippen MR) is 143 cm³/mol. The van der Waals surface area contributed by atoms with Crippen LogP contribution < -0.4 is 4.90 Å². The van der Waals surface area contributed by atoms with Gasteiger partial charge in [-0.1, -0.05) is 6.07 Å². The molecular formula is C28H32FN7O2. The van der Waals surface area contributed by atoms with Gasteiger partial charge in [-0.3, -0.25) is 4.98 Å². The fourth-order valence-corrected chi connectivity index (χ4v) is 4.72. The average Bonchev–Trinajstić information content (AvgIpc) is 3.32. The molecule has 1 saturated heterocycles. The molecule has 4 aromatic rings. The quantitative estimate of drug-likeness (QED) is 0.370. The zero-order valence-corrected chi connectivity index (χ0v) is 22.3. The molecule has 0 N–H and O–H groups in total. The highest BCUT2D eigenvalue weighted by Crippen LogP contribution is 2.33. The van der Waals surface area contributed by atoms with Gasteiger partial charge in [-0.2, -0.15) is 5.10 Å². The van der Waals surface area contributed by atoms with Gasteiger partial charge in [-0.05, 0) is 64.8 Å². The summed E-state index contributed by atoms with van der Waals surface area (Å²) in [5.74, 6) is 0.0252. The lowest BCUT2D eigenvalue weighted by Gasteiger charge is -2.38. The maximum absolute atomic E-state index is 16.2. The van der Waals surface area contributed by atoms with E-state index in [1.807, 2.05) is 64.0 Å². The second kappa shape index (κ2) is 10.00. The lowest BCUT2D eigenvalue weighted by molar-refractivity contribution is 0.0199. The summed E-state index contributed by atoms with van der Waals surface area (Å²) in [6, 6.07) is 9.13. The van der Waals surface area contributed by atoms with E-state index in [0.717, 1.165) is 24.1 Å². The number of aromatic nitrogens is 5. The van der Waals surface area contributed by atoms with Gasteiger partial charge in [-0.15, -0.1) is 0 Å². The highest BCUT2D eigenvalue weighted by molar-refractivity contribution is 5.78. The van der Waals surface area contributed by atoms with E-state index in [4.69, 9.17) is 9.72 Å². The van der Waals surface area contributed by atoms with Crippen LogP contribution in [0.1, 0.15) is 39.3 Å². The summed E-state index contributed by atoms with van der Waals surface area (Å²) in [5, 5.41) is 4.42. The van der Waals surface area contributed by atoms with E-state index < -0.39 is 11.4 Å². The standard InChI is InChI=1S/C28H32FN7O2/c1-18-15-19(11-12-30-18)24-23(29)26(33-25(32-24)21-16-31-36-14-7-6-10-22(21)36)34(5)20-9-8-13-35(17-20)27(37)38-28(2,3)4/h6-7,10-12,14-16,20H,8-9,13,17H2,1-5H3/t20-/m1/s1. The molecule has 1 aliphatic rings. The van der Waals surface area contributed by atoms with Gasteiger partial charge in [0.05, 0.1) is 17.3 Å². The lowest BCUT2D eigenvalue weighted by Crippen LogP contribution is -2.50. The molecule has 5 heterocycles. The maximum Gasteiger partial charge on any atom is 0.410 e. The molecular weight excluding hydrogens is 485 g/mol. The average molecular weight is 518 g/mol. The molecule has 0 radical (unpaired) electrons. The Hall–Kier alpha value is -4.08. The summed E-state index contributed by atoms with van der Waals surface area (Å²) < 4.78 is 23.5. The molecule has 10 heteroatoms. The Morgan fingerprint density at radius 2 is 2.03 bits per heavy atom. The number of ether oxygens (including phenoxy) is 1. The van der Waals surface area contributed by atoms with E-state index in [1.165, 1.54) is 0 Å². The van der Waals surface area contributed by atoms with Gasteiger partial charge >= 0.3 is 6.09 Å². The number of nitrogens with zero attached hydrogens (tertiary/aromatic N) is 7. The van der Waals surface area contributed by atoms with Crippen molar-refractivity contribution < 1.29 is 13.9 Å². The first-order chi connectivity index (χ1) is 18.1. The Morgan fingerprint density at radius 1 is 1.21 bits per heavy atom. The van der Waals surface area contributed by atoms with Crippen LogP contribution >= 0.6 is 0 Å². The third-order valence-electron chi connectivity index (χ3n) is 6.60. The van der Waals surface area contributed by atoms with Crippen LogP contribution in [0.4, 0.5) is 15.0 Å². The molecule has 4 aromatic heterocycles. The van der Waals surface area contributed by atoms with E-state index in [2.05, 4.69) is 15.1 Å². The molecule has 1 atom stereocenters. The second-order valence-corrected chi connectivity index (χ2v) is 10.6. The van der Waals surface area contributed by atoms with Gasteiger partial charge < -0.3 is 14.5 Å².